The smallest absolute Gasteiger partial charge is 0.277 e. The van der Waals surface area contributed by atoms with Gasteiger partial charge in [-0.15, -0.1) is 5.10 Å². The van der Waals surface area contributed by atoms with Crippen LogP contribution in [0.15, 0.2) is 10.9 Å². The topological polar surface area (TPSA) is 74.6 Å². The van der Waals surface area contributed by atoms with Crippen molar-refractivity contribution in [3.05, 3.63) is 16.4 Å². The van der Waals surface area contributed by atoms with Crippen molar-refractivity contribution in [1.82, 2.24) is 19.9 Å². The van der Waals surface area contributed by atoms with E-state index in [4.69, 9.17) is 0 Å². The number of fused-ring (bicyclic) bond motifs is 1. The molecule has 8 heteroatoms. The molecule has 0 bridgehead atoms. The summed E-state index contributed by atoms with van der Waals surface area (Å²) in [4.78, 5) is 19.6. The number of anilines is 2. The lowest BCUT2D eigenvalue weighted by molar-refractivity contribution is 0.584. The number of aromatic nitrogens is 3. The number of nitrogens with one attached hydrogen (secondary N) is 2. The Bertz CT molecular complexity index is 688. The number of hydrogen-bond donors (Lipinski definition) is 2. The predicted molar refractivity (Wildman–Crippen MR) is 90.2 cm³/mol. The second kappa shape index (κ2) is 6.62. The van der Waals surface area contributed by atoms with Crippen LogP contribution in [0.1, 0.15) is 20.3 Å². The fourth-order valence-corrected chi connectivity index (χ4v) is 3.22. The average molecular weight is 322 g/mol. The van der Waals surface area contributed by atoms with Crippen molar-refractivity contribution in [3.63, 3.8) is 0 Å². The Morgan fingerprint density at radius 1 is 1.41 bits per heavy atom. The molecule has 0 amide bonds. The molecule has 0 unspecified atom stereocenters. The summed E-state index contributed by atoms with van der Waals surface area (Å²) < 4.78 is 1.38. The molecule has 120 valence electrons. The molecule has 0 radical (unpaired) electrons. The van der Waals surface area contributed by atoms with Crippen molar-refractivity contribution < 1.29 is 0 Å². The zero-order chi connectivity index (χ0) is 15.5. The summed E-state index contributed by atoms with van der Waals surface area (Å²) in [6.07, 6.45) is 1.07. The van der Waals surface area contributed by atoms with E-state index in [1.165, 1.54) is 15.9 Å². The normalized spacial score (nSPS) is 15.7. The van der Waals surface area contributed by atoms with Crippen LogP contribution in [0.3, 0.4) is 0 Å². The zero-order valence-electron chi connectivity index (χ0n) is 13.0. The van der Waals surface area contributed by atoms with E-state index in [0.29, 0.717) is 10.9 Å². The van der Waals surface area contributed by atoms with Crippen molar-refractivity contribution in [2.24, 2.45) is 5.92 Å². The van der Waals surface area contributed by atoms with Crippen LogP contribution in [0.2, 0.25) is 0 Å². The van der Waals surface area contributed by atoms with Gasteiger partial charge in [0.05, 0.1) is 0 Å². The second-order valence-electron chi connectivity index (χ2n) is 5.90. The Morgan fingerprint density at radius 3 is 2.91 bits per heavy atom. The van der Waals surface area contributed by atoms with Crippen molar-refractivity contribution in [1.29, 1.82) is 0 Å². The van der Waals surface area contributed by atoms with Crippen LogP contribution in [0.5, 0.6) is 0 Å². The van der Waals surface area contributed by atoms with Gasteiger partial charge in [-0.1, -0.05) is 25.2 Å². The van der Waals surface area contributed by atoms with Crippen LogP contribution in [-0.4, -0.2) is 47.3 Å². The van der Waals surface area contributed by atoms with Crippen LogP contribution in [0, 0.1) is 5.92 Å². The molecule has 1 aliphatic rings. The first kappa shape index (κ1) is 15.2. The van der Waals surface area contributed by atoms with Crippen LogP contribution in [0.25, 0.3) is 4.96 Å². The molecule has 0 aliphatic carbocycles. The molecule has 3 heterocycles. The van der Waals surface area contributed by atoms with Gasteiger partial charge < -0.3 is 15.5 Å². The monoisotopic (exact) mass is 322 g/mol. The standard InChI is InChI=1S/C14H22N6OS/c1-10(2)3-4-16-13-18-20-12(21)9-11(17-14(20)22-13)19-7-5-15-6-8-19/h9-10,15H,3-8H2,1-2H3,(H,16,18). The van der Waals surface area contributed by atoms with Crippen molar-refractivity contribution in [3.8, 4) is 0 Å². The predicted octanol–water partition coefficient (Wildman–Crippen LogP) is 1.02. The fourth-order valence-electron chi connectivity index (χ4n) is 2.39. The third kappa shape index (κ3) is 3.38. The Morgan fingerprint density at radius 2 is 2.18 bits per heavy atom. The summed E-state index contributed by atoms with van der Waals surface area (Å²) in [6, 6.07) is 1.58. The summed E-state index contributed by atoms with van der Waals surface area (Å²) >= 11 is 1.43. The van der Waals surface area contributed by atoms with E-state index >= 15 is 0 Å². The van der Waals surface area contributed by atoms with Crippen LogP contribution in [0.4, 0.5) is 10.9 Å². The molecular formula is C14H22N6OS. The minimum atomic E-state index is -0.119. The zero-order valence-corrected chi connectivity index (χ0v) is 13.8. The average Bonchev–Trinajstić information content (AvgIpc) is 2.91. The molecule has 2 aromatic heterocycles. The van der Waals surface area contributed by atoms with Gasteiger partial charge in [-0.3, -0.25) is 4.79 Å². The van der Waals surface area contributed by atoms with Gasteiger partial charge in [0.15, 0.2) is 0 Å². The molecule has 1 fully saturated rings. The molecule has 1 saturated heterocycles. The fraction of sp³-hybridized carbons (Fsp3) is 0.643. The molecule has 1 aliphatic heterocycles. The first-order valence-electron chi connectivity index (χ1n) is 7.74. The molecule has 0 spiro atoms. The van der Waals surface area contributed by atoms with Gasteiger partial charge in [0.25, 0.3) is 5.56 Å². The van der Waals surface area contributed by atoms with E-state index in [9.17, 15) is 4.79 Å². The summed E-state index contributed by atoms with van der Waals surface area (Å²) in [5.41, 5.74) is -0.119. The molecule has 2 aromatic rings. The van der Waals surface area contributed by atoms with E-state index in [-0.39, 0.29) is 5.56 Å². The SMILES string of the molecule is CC(C)CCNc1nn2c(=O)cc(N3CCNCC3)nc2s1. The third-order valence-corrected chi connectivity index (χ3v) is 4.54. The Kier molecular flexibility index (Phi) is 4.58. The van der Waals surface area contributed by atoms with Crippen LogP contribution in [-0.2, 0) is 0 Å². The Balaban J connectivity index is 1.81. The van der Waals surface area contributed by atoms with E-state index in [0.717, 1.165) is 50.1 Å². The highest BCUT2D eigenvalue weighted by Crippen LogP contribution is 2.19. The minimum absolute atomic E-state index is 0.119. The highest BCUT2D eigenvalue weighted by Gasteiger charge is 2.15. The molecule has 0 saturated carbocycles. The van der Waals surface area contributed by atoms with E-state index < -0.39 is 0 Å². The van der Waals surface area contributed by atoms with Gasteiger partial charge in [-0.25, -0.2) is 4.98 Å². The highest BCUT2D eigenvalue weighted by molar-refractivity contribution is 7.20. The molecule has 0 aromatic carbocycles. The molecule has 22 heavy (non-hydrogen) atoms. The van der Waals surface area contributed by atoms with E-state index in [1.54, 1.807) is 6.07 Å². The summed E-state index contributed by atoms with van der Waals surface area (Å²) in [5.74, 6) is 1.39. The lowest BCUT2D eigenvalue weighted by Gasteiger charge is -2.27. The molecule has 0 atom stereocenters. The maximum Gasteiger partial charge on any atom is 0.277 e. The number of rotatable bonds is 5. The third-order valence-electron chi connectivity index (χ3n) is 3.67. The van der Waals surface area contributed by atoms with Gasteiger partial charge in [-0.2, -0.15) is 4.52 Å². The lowest BCUT2D eigenvalue weighted by Crippen LogP contribution is -2.44. The first-order chi connectivity index (χ1) is 10.6. The molecule has 2 N–H and O–H groups in total. The summed E-state index contributed by atoms with van der Waals surface area (Å²) in [7, 11) is 0. The molecule has 7 nitrogen and oxygen atoms in total. The van der Waals surface area contributed by atoms with Gasteiger partial charge in [0.1, 0.15) is 5.82 Å². The molecular weight excluding hydrogens is 300 g/mol. The van der Waals surface area contributed by atoms with Crippen molar-refractivity contribution >= 4 is 27.2 Å². The van der Waals surface area contributed by atoms with Crippen molar-refractivity contribution in [2.75, 3.05) is 42.9 Å². The number of piperazine rings is 1. The number of hydrogen-bond acceptors (Lipinski definition) is 7. The highest BCUT2D eigenvalue weighted by atomic mass is 32.1. The van der Waals surface area contributed by atoms with Gasteiger partial charge >= 0.3 is 0 Å². The lowest BCUT2D eigenvalue weighted by atomic mass is 10.1. The minimum Gasteiger partial charge on any atom is -0.360 e. The molecule has 3 rings (SSSR count). The maximum atomic E-state index is 12.2. The quantitative estimate of drug-likeness (QED) is 0.856. The summed E-state index contributed by atoms with van der Waals surface area (Å²) in [6.45, 7) is 8.83. The number of nitrogens with zero attached hydrogens (tertiary/aromatic N) is 4. The van der Waals surface area contributed by atoms with Crippen molar-refractivity contribution in [2.45, 2.75) is 20.3 Å². The van der Waals surface area contributed by atoms with Gasteiger partial charge in [0.2, 0.25) is 10.1 Å². The van der Waals surface area contributed by atoms with Gasteiger partial charge in [-0.05, 0) is 12.3 Å². The van der Waals surface area contributed by atoms with Crippen LogP contribution >= 0.6 is 11.3 Å². The van der Waals surface area contributed by atoms with Crippen LogP contribution < -0.4 is 21.1 Å². The maximum absolute atomic E-state index is 12.2. The van der Waals surface area contributed by atoms with E-state index in [1.807, 2.05) is 0 Å². The van der Waals surface area contributed by atoms with Gasteiger partial charge in [0, 0.05) is 38.8 Å². The largest absolute Gasteiger partial charge is 0.360 e. The van der Waals surface area contributed by atoms with E-state index in [2.05, 4.69) is 39.5 Å². The Labute approximate surface area is 133 Å². The Hall–Kier alpha value is -1.67. The summed E-state index contributed by atoms with van der Waals surface area (Å²) in [5, 5.41) is 11.6. The second-order valence-corrected chi connectivity index (χ2v) is 6.86. The first-order valence-corrected chi connectivity index (χ1v) is 8.55.